The number of hydrogen-bond donors (Lipinski definition) is 0. The molecule has 0 saturated heterocycles. The molecule has 0 spiro atoms. The molecule has 0 amide bonds. The van der Waals surface area contributed by atoms with Crippen molar-refractivity contribution in [2.24, 2.45) is 0 Å². The standard InChI is InChI=1S/C8H10.C5H5.V/c1-7-3-5-8(2)6-4-7;1-2-4-5-3-1;/h3-6H,1-2H3;1-3H,4H2;. The van der Waals surface area contributed by atoms with E-state index in [1.807, 2.05) is 0 Å². The van der Waals surface area contributed by atoms with Crippen molar-refractivity contribution in [1.82, 2.24) is 0 Å². The summed E-state index contributed by atoms with van der Waals surface area (Å²) in [4.78, 5) is 0. The fraction of sp³-hybridized carbons (Fsp3) is 0.231. The third-order valence-electron chi connectivity index (χ3n) is 1.97. The van der Waals surface area contributed by atoms with Crippen molar-refractivity contribution in [3.8, 4) is 0 Å². The molecule has 0 radical (unpaired) electrons. The van der Waals surface area contributed by atoms with Crippen LogP contribution in [0.25, 0.3) is 0 Å². The molecule has 1 heteroatoms. The van der Waals surface area contributed by atoms with Crippen molar-refractivity contribution in [1.29, 1.82) is 0 Å². The number of hydrogen-bond acceptors (Lipinski definition) is 0. The van der Waals surface area contributed by atoms with Gasteiger partial charge in [0.05, 0.1) is 0 Å². The molecule has 0 saturated carbocycles. The van der Waals surface area contributed by atoms with Gasteiger partial charge < -0.3 is 0 Å². The number of benzene rings is 1. The third-order valence-corrected chi connectivity index (χ3v) is 2.49. The first-order chi connectivity index (χ1) is 6.68. The van der Waals surface area contributed by atoms with Gasteiger partial charge in [-0.15, -0.1) is 0 Å². The minimum atomic E-state index is 1.14. The SMILES string of the molecule is Cc1ccc(C)cc1.[V][C]1=CC=CC1. The summed E-state index contributed by atoms with van der Waals surface area (Å²) in [5.74, 6) is 0. The van der Waals surface area contributed by atoms with Crippen LogP contribution in [-0.2, 0) is 17.4 Å². The van der Waals surface area contributed by atoms with Gasteiger partial charge in [-0.2, -0.15) is 0 Å². The molecule has 0 aliphatic heterocycles. The second-order valence-electron chi connectivity index (χ2n) is 3.44. The third kappa shape index (κ3) is 4.50. The average molecular weight is 222 g/mol. The van der Waals surface area contributed by atoms with Crippen LogP contribution < -0.4 is 0 Å². The van der Waals surface area contributed by atoms with Crippen LogP contribution in [0.5, 0.6) is 0 Å². The summed E-state index contributed by atoms with van der Waals surface area (Å²) in [5, 5.41) is 0. The zero-order valence-corrected chi connectivity index (χ0v) is 10.1. The van der Waals surface area contributed by atoms with Crippen molar-refractivity contribution in [3.63, 3.8) is 0 Å². The van der Waals surface area contributed by atoms with E-state index in [-0.39, 0.29) is 0 Å². The molecule has 1 aromatic rings. The Morgan fingerprint density at radius 2 is 1.50 bits per heavy atom. The van der Waals surface area contributed by atoms with E-state index in [4.69, 9.17) is 0 Å². The van der Waals surface area contributed by atoms with Gasteiger partial charge in [0.25, 0.3) is 0 Å². The first-order valence-corrected chi connectivity index (χ1v) is 5.46. The van der Waals surface area contributed by atoms with Gasteiger partial charge in [-0.3, -0.25) is 0 Å². The summed E-state index contributed by atoms with van der Waals surface area (Å²) in [6, 6.07) is 8.48. The molecule has 0 atom stereocenters. The van der Waals surface area contributed by atoms with Crippen LogP contribution in [0.3, 0.4) is 0 Å². The van der Waals surface area contributed by atoms with Gasteiger partial charge in [0.15, 0.2) is 0 Å². The van der Waals surface area contributed by atoms with E-state index in [9.17, 15) is 0 Å². The molecule has 0 heterocycles. The van der Waals surface area contributed by atoms with Gasteiger partial charge in [-0.25, -0.2) is 0 Å². The second kappa shape index (κ2) is 5.90. The molecule has 0 N–H and O–H groups in total. The average Bonchev–Trinajstić information content (AvgIpc) is 2.63. The summed E-state index contributed by atoms with van der Waals surface area (Å²) in [6.45, 7) is 4.19. The van der Waals surface area contributed by atoms with Crippen LogP contribution in [0.1, 0.15) is 17.5 Å². The predicted octanol–water partition coefficient (Wildman–Crippen LogP) is 3.68. The first-order valence-electron chi connectivity index (χ1n) is 4.76. The van der Waals surface area contributed by atoms with Crippen molar-refractivity contribution in [2.45, 2.75) is 20.3 Å². The van der Waals surface area contributed by atoms with E-state index in [0.717, 1.165) is 6.42 Å². The summed E-state index contributed by atoms with van der Waals surface area (Å²) in [5.41, 5.74) is 2.66. The van der Waals surface area contributed by atoms with E-state index in [1.165, 1.54) is 15.4 Å². The Morgan fingerprint density at radius 3 is 1.71 bits per heavy atom. The van der Waals surface area contributed by atoms with Crippen LogP contribution in [0.15, 0.2) is 46.8 Å². The van der Waals surface area contributed by atoms with Crippen molar-refractivity contribution in [3.05, 3.63) is 57.9 Å². The Labute approximate surface area is 95.7 Å². The molecular formula is C13H15V. The van der Waals surface area contributed by atoms with Crippen LogP contribution in [-0.4, -0.2) is 0 Å². The zero-order valence-electron chi connectivity index (χ0n) is 8.70. The van der Waals surface area contributed by atoms with Gasteiger partial charge >= 0.3 is 46.4 Å². The Bertz CT molecular complexity index is 310. The van der Waals surface area contributed by atoms with Crippen LogP contribution in [0.4, 0.5) is 0 Å². The monoisotopic (exact) mass is 222 g/mol. The summed E-state index contributed by atoms with van der Waals surface area (Å²) >= 11 is 2.54. The molecule has 0 nitrogen and oxygen atoms in total. The molecule has 72 valence electrons. The van der Waals surface area contributed by atoms with Gasteiger partial charge in [0.2, 0.25) is 0 Å². The molecule has 0 unspecified atom stereocenters. The van der Waals surface area contributed by atoms with Crippen LogP contribution in [0.2, 0.25) is 0 Å². The molecule has 2 rings (SSSR count). The summed E-state index contributed by atoms with van der Waals surface area (Å²) in [7, 11) is 0. The number of allylic oxidation sites excluding steroid dienone is 4. The topological polar surface area (TPSA) is 0 Å². The molecule has 0 bridgehead atoms. The van der Waals surface area contributed by atoms with Crippen LogP contribution >= 0.6 is 0 Å². The van der Waals surface area contributed by atoms with Gasteiger partial charge in [0.1, 0.15) is 0 Å². The van der Waals surface area contributed by atoms with Crippen molar-refractivity contribution >= 4 is 0 Å². The van der Waals surface area contributed by atoms with Crippen molar-refractivity contribution in [2.75, 3.05) is 0 Å². The quantitative estimate of drug-likeness (QED) is 0.628. The number of aryl methyl sites for hydroxylation is 2. The minimum absolute atomic E-state index is 1.14. The predicted molar refractivity (Wildman–Crippen MR) is 57.8 cm³/mol. The molecule has 1 aromatic carbocycles. The molecule has 1 aliphatic carbocycles. The van der Waals surface area contributed by atoms with Crippen molar-refractivity contribution < 1.29 is 17.4 Å². The van der Waals surface area contributed by atoms with E-state index in [1.54, 1.807) is 0 Å². The Kier molecular flexibility index (Phi) is 4.79. The number of rotatable bonds is 0. The molecular weight excluding hydrogens is 207 g/mol. The van der Waals surface area contributed by atoms with Gasteiger partial charge in [-0.1, -0.05) is 35.4 Å². The van der Waals surface area contributed by atoms with Crippen LogP contribution in [0, 0.1) is 13.8 Å². The Hall–Kier alpha value is -0.716. The van der Waals surface area contributed by atoms with Gasteiger partial charge in [0, 0.05) is 0 Å². The summed E-state index contributed by atoms with van der Waals surface area (Å²) < 4.78 is 1.41. The molecule has 0 aromatic heterocycles. The van der Waals surface area contributed by atoms with E-state index in [2.05, 4.69) is 73.8 Å². The zero-order chi connectivity index (χ0) is 10.4. The fourth-order valence-corrected chi connectivity index (χ4v) is 1.37. The molecule has 0 fully saturated rings. The van der Waals surface area contributed by atoms with Gasteiger partial charge in [-0.05, 0) is 13.8 Å². The Balaban J connectivity index is 0.000000146. The Morgan fingerprint density at radius 1 is 1.00 bits per heavy atom. The van der Waals surface area contributed by atoms with E-state index >= 15 is 0 Å². The fourth-order valence-electron chi connectivity index (χ4n) is 1.07. The van der Waals surface area contributed by atoms with E-state index < -0.39 is 0 Å². The first kappa shape index (κ1) is 11.4. The normalized spacial score (nSPS) is 13.1. The maximum atomic E-state index is 2.54. The molecule has 1 aliphatic rings. The maximum absolute atomic E-state index is 2.54. The van der Waals surface area contributed by atoms with E-state index in [0.29, 0.717) is 0 Å². The summed E-state index contributed by atoms with van der Waals surface area (Å²) in [6.07, 6.45) is 7.47. The second-order valence-corrected chi connectivity index (χ2v) is 4.34. The molecule has 14 heavy (non-hydrogen) atoms.